The second kappa shape index (κ2) is 9.21. The number of ether oxygens (including phenoxy) is 1. The SMILES string of the molecule is Cc1cc(C#N)cc(-n2cc(C(F)(F)F)c3c(N4CC(C)N(C(=O)OC(C)(C)C)CC4C)ncnc32)n1. The van der Waals surface area contributed by atoms with E-state index in [0.29, 0.717) is 5.69 Å². The number of nitriles is 1. The summed E-state index contributed by atoms with van der Waals surface area (Å²) < 4.78 is 49.6. The number of hydrogen-bond acceptors (Lipinski definition) is 7. The fourth-order valence-electron chi connectivity index (χ4n) is 4.49. The van der Waals surface area contributed by atoms with Gasteiger partial charge in [0, 0.05) is 37.1 Å². The van der Waals surface area contributed by atoms with Gasteiger partial charge in [0.1, 0.15) is 23.6 Å². The average molecular weight is 516 g/mol. The van der Waals surface area contributed by atoms with Crippen molar-refractivity contribution in [2.75, 3.05) is 18.0 Å². The summed E-state index contributed by atoms with van der Waals surface area (Å²) in [5, 5.41) is 9.17. The zero-order valence-corrected chi connectivity index (χ0v) is 21.5. The van der Waals surface area contributed by atoms with Gasteiger partial charge in [-0.2, -0.15) is 18.4 Å². The van der Waals surface area contributed by atoms with Crippen LogP contribution in [0.2, 0.25) is 0 Å². The molecule has 0 radical (unpaired) electrons. The van der Waals surface area contributed by atoms with Crippen molar-refractivity contribution in [3.05, 3.63) is 41.5 Å². The van der Waals surface area contributed by atoms with Crippen LogP contribution in [0, 0.1) is 18.3 Å². The molecule has 0 aliphatic carbocycles. The van der Waals surface area contributed by atoms with Crippen LogP contribution in [0.1, 0.15) is 51.4 Å². The summed E-state index contributed by atoms with van der Waals surface area (Å²) in [5.41, 5.74) is -0.800. The number of piperazine rings is 1. The normalized spacial score (nSPS) is 18.7. The number of halogens is 3. The maximum atomic E-state index is 14.3. The number of carbonyl (C=O) groups excluding carboxylic acids is 1. The van der Waals surface area contributed by atoms with E-state index in [4.69, 9.17) is 4.74 Å². The Morgan fingerprint density at radius 3 is 2.46 bits per heavy atom. The van der Waals surface area contributed by atoms with E-state index in [2.05, 4.69) is 15.0 Å². The fourth-order valence-corrected chi connectivity index (χ4v) is 4.49. The molecule has 4 rings (SSSR count). The summed E-state index contributed by atoms with van der Waals surface area (Å²) in [5.74, 6) is 0.269. The van der Waals surface area contributed by atoms with Crippen molar-refractivity contribution in [1.29, 1.82) is 5.26 Å². The van der Waals surface area contributed by atoms with Crippen molar-refractivity contribution in [2.24, 2.45) is 0 Å². The van der Waals surface area contributed by atoms with Gasteiger partial charge in [-0.1, -0.05) is 0 Å². The van der Waals surface area contributed by atoms with E-state index in [-0.39, 0.29) is 53.4 Å². The van der Waals surface area contributed by atoms with Gasteiger partial charge in [0.15, 0.2) is 5.65 Å². The van der Waals surface area contributed by atoms with E-state index in [1.165, 1.54) is 17.0 Å². The van der Waals surface area contributed by atoms with Gasteiger partial charge in [-0.05, 0) is 53.7 Å². The Kier molecular flexibility index (Phi) is 6.52. The van der Waals surface area contributed by atoms with Gasteiger partial charge < -0.3 is 14.5 Å². The number of rotatable bonds is 2. The molecule has 0 bridgehead atoms. The third-order valence-electron chi connectivity index (χ3n) is 6.07. The molecule has 12 heteroatoms. The van der Waals surface area contributed by atoms with E-state index >= 15 is 0 Å². The van der Waals surface area contributed by atoms with Crippen molar-refractivity contribution in [1.82, 2.24) is 24.4 Å². The third-order valence-corrected chi connectivity index (χ3v) is 6.07. The minimum atomic E-state index is -4.70. The molecule has 3 aromatic rings. The summed E-state index contributed by atoms with van der Waals surface area (Å²) in [6.07, 6.45) is -3.01. The fraction of sp³-hybridized carbons (Fsp3) is 0.480. The van der Waals surface area contributed by atoms with Crippen molar-refractivity contribution < 1.29 is 22.7 Å². The summed E-state index contributed by atoms with van der Waals surface area (Å²) in [6, 6.07) is 4.27. The van der Waals surface area contributed by atoms with Crippen LogP contribution >= 0.6 is 0 Å². The van der Waals surface area contributed by atoms with E-state index in [1.54, 1.807) is 43.6 Å². The molecule has 1 amide bonds. The van der Waals surface area contributed by atoms with Crippen LogP contribution in [0.3, 0.4) is 0 Å². The maximum Gasteiger partial charge on any atom is 0.418 e. The Bertz CT molecular complexity index is 1390. The number of anilines is 1. The highest BCUT2D eigenvalue weighted by Crippen LogP contribution is 2.41. The molecule has 9 nitrogen and oxygen atoms in total. The van der Waals surface area contributed by atoms with Crippen LogP contribution in [-0.2, 0) is 10.9 Å². The zero-order valence-electron chi connectivity index (χ0n) is 21.5. The highest BCUT2D eigenvalue weighted by Gasteiger charge is 2.40. The monoisotopic (exact) mass is 515 g/mol. The molecular formula is C25H28F3N7O2. The van der Waals surface area contributed by atoms with Gasteiger partial charge in [-0.3, -0.25) is 4.57 Å². The number of aromatic nitrogens is 4. The minimum Gasteiger partial charge on any atom is -0.444 e. The van der Waals surface area contributed by atoms with E-state index in [0.717, 1.165) is 6.20 Å². The number of nitrogens with zero attached hydrogens (tertiary/aromatic N) is 7. The first-order valence-corrected chi connectivity index (χ1v) is 11.8. The second-order valence-electron chi connectivity index (χ2n) is 10.3. The Labute approximate surface area is 212 Å². The molecule has 0 saturated carbocycles. The van der Waals surface area contributed by atoms with Crippen LogP contribution in [-0.4, -0.2) is 61.3 Å². The van der Waals surface area contributed by atoms with Crippen LogP contribution in [0.5, 0.6) is 0 Å². The lowest BCUT2D eigenvalue weighted by Crippen LogP contribution is -2.59. The molecule has 1 saturated heterocycles. The lowest BCUT2D eigenvalue weighted by Gasteiger charge is -2.44. The highest BCUT2D eigenvalue weighted by atomic mass is 19.4. The van der Waals surface area contributed by atoms with Crippen molar-refractivity contribution in [3.63, 3.8) is 0 Å². The standard InChI is InChI=1S/C25H28F3N7O2/c1-14-7-17(9-29)8-19(32-14)35-12-18(25(26,27)28)20-21(30-13-31-22(20)35)33-10-16(3)34(11-15(33)2)23(36)37-24(4,5)6/h7-8,12-13,15-16H,10-11H2,1-6H3. The number of carbonyl (C=O) groups is 1. The van der Waals surface area contributed by atoms with Gasteiger partial charge >= 0.3 is 12.3 Å². The molecule has 4 heterocycles. The molecule has 3 aromatic heterocycles. The largest absolute Gasteiger partial charge is 0.444 e. The molecule has 1 aliphatic rings. The second-order valence-corrected chi connectivity index (χ2v) is 10.3. The highest BCUT2D eigenvalue weighted by molar-refractivity contribution is 5.93. The first-order chi connectivity index (χ1) is 17.2. The van der Waals surface area contributed by atoms with Crippen LogP contribution in [0.15, 0.2) is 24.7 Å². The molecule has 196 valence electrons. The number of alkyl halides is 3. The summed E-state index contributed by atoms with van der Waals surface area (Å²) in [6.45, 7) is 11.1. The van der Waals surface area contributed by atoms with Gasteiger partial charge in [0.05, 0.1) is 22.6 Å². The number of pyridine rings is 1. The third kappa shape index (κ3) is 5.16. The lowest BCUT2D eigenvalue weighted by molar-refractivity contribution is -0.136. The van der Waals surface area contributed by atoms with E-state index < -0.39 is 23.4 Å². The molecule has 1 aliphatic heterocycles. The molecule has 2 unspecified atom stereocenters. The minimum absolute atomic E-state index is 0.0220. The zero-order chi connectivity index (χ0) is 27.3. The number of amides is 1. The van der Waals surface area contributed by atoms with E-state index in [9.17, 15) is 23.2 Å². The van der Waals surface area contributed by atoms with Gasteiger partial charge in [-0.25, -0.2) is 19.7 Å². The summed E-state index contributed by atoms with van der Waals surface area (Å²) in [7, 11) is 0. The van der Waals surface area contributed by atoms with Crippen molar-refractivity contribution in [2.45, 2.75) is 65.4 Å². The first-order valence-electron chi connectivity index (χ1n) is 11.8. The predicted octanol–water partition coefficient (Wildman–Crippen LogP) is 4.85. The molecule has 0 N–H and O–H groups in total. The molecule has 2 atom stereocenters. The smallest absolute Gasteiger partial charge is 0.418 e. The Morgan fingerprint density at radius 1 is 1.14 bits per heavy atom. The Balaban J connectivity index is 1.82. The molecule has 0 spiro atoms. The molecule has 37 heavy (non-hydrogen) atoms. The topological polar surface area (TPSA) is 100 Å². The van der Waals surface area contributed by atoms with Crippen LogP contribution < -0.4 is 4.90 Å². The predicted molar refractivity (Wildman–Crippen MR) is 130 cm³/mol. The first kappa shape index (κ1) is 26.2. The van der Waals surface area contributed by atoms with Crippen molar-refractivity contribution in [3.8, 4) is 11.9 Å². The van der Waals surface area contributed by atoms with Gasteiger partial charge in [-0.15, -0.1) is 0 Å². The summed E-state index contributed by atoms with van der Waals surface area (Å²) in [4.78, 5) is 28.9. The number of fused-ring (bicyclic) bond motifs is 1. The quantitative estimate of drug-likeness (QED) is 0.481. The van der Waals surface area contributed by atoms with Crippen molar-refractivity contribution >= 4 is 22.9 Å². The van der Waals surface area contributed by atoms with Crippen LogP contribution in [0.25, 0.3) is 16.9 Å². The van der Waals surface area contributed by atoms with E-state index in [1.807, 2.05) is 19.9 Å². The van der Waals surface area contributed by atoms with Crippen LogP contribution in [0.4, 0.5) is 23.8 Å². The summed E-state index contributed by atoms with van der Waals surface area (Å²) >= 11 is 0. The maximum absolute atomic E-state index is 14.3. The Hall–Kier alpha value is -3.88. The molecule has 0 aromatic carbocycles. The average Bonchev–Trinajstić information content (AvgIpc) is 3.19. The van der Waals surface area contributed by atoms with Gasteiger partial charge in [0.25, 0.3) is 0 Å². The molecular weight excluding hydrogens is 487 g/mol. The molecule has 1 fully saturated rings. The lowest BCUT2D eigenvalue weighted by atomic mass is 10.1. The number of aryl methyl sites for hydroxylation is 1. The number of hydrogen-bond donors (Lipinski definition) is 0. The Morgan fingerprint density at radius 2 is 1.84 bits per heavy atom. The van der Waals surface area contributed by atoms with Gasteiger partial charge in [0.2, 0.25) is 0 Å².